The second kappa shape index (κ2) is 6.62. The highest BCUT2D eigenvalue weighted by atomic mass is 35.5. The van der Waals surface area contributed by atoms with E-state index in [9.17, 15) is 4.79 Å². The molecule has 1 aromatic heterocycles. The van der Waals surface area contributed by atoms with Crippen LogP contribution < -0.4 is 14.8 Å². The number of rotatable bonds is 4. The standard InChI is InChI=1S/C15H16ClN3O3/c1-8-13(9(2)18-15(17-8)22-4)19-14(20)11-7-10(16)5-6-12(11)21-3/h5-7H,1-4H3,(H,19,20). The largest absolute Gasteiger partial charge is 0.496 e. The van der Waals surface area contributed by atoms with Crippen molar-refractivity contribution >= 4 is 23.2 Å². The minimum absolute atomic E-state index is 0.258. The Morgan fingerprint density at radius 3 is 2.32 bits per heavy atom. The fraction of sp³-hybridized carbons (Fsp3) is 0.267. The predicted molar refractivity (Wildman–Crippen MR) is 84.0 cm³/mol. The fourth-order valence-electron chi connectivity index (χ4n) is 2.00. The zero-order valence-electron chi connectivity index (χ0n) is 12.7. The quantitative estimate of drug-likeness (QED) is 0.937. The number of halogens is 1. The van der Waals surface area contributed by atoms with Crippen LogP contribution in [0, 0.1) is 13.8 Å². The molecule has 0 radical (unpaired) electrons. The number of methoxy groups -OCH3 is 2. The second-order valence-electron chi connectivity index (χ2n) is 4.55. The van der Waals surface area contributed by atoms with Crippen molar-refractivity contribution in [3.05, 3.63) is 40.2 Å². The second-order valence-corrected chi connectivity index (χ2v) is 4.99. The summed E-state index contributed by atoms with van der Waals surface area (Å²) in [5.74, 6) is 0.0888. The lowest BCUT2D eigenvalue weighted by molar-refractivity contribution is 0.102. The van der Waals surface area contributed by atoms with Crippen LogP contribution in [0.15, 0.2) is 18.2 Å². The summed E-state index contributed by atoms with van der Waals surface area (Å²) in [7, 11) is 2.98. The molecule has 0 atom stereocenters. The van der Waals surface area contributed by atoms with Crippen LogP contribution in [0.5, 0.6) is 11.8 Å². The molecule has 0 aliphatic heterocycles. The van der Waals surface area contributed by atoms with Crippen LogP contribution in [-0.4, -0.2) is 30.1 Å². The van der Waals surface area contributed by atoms with E-state index in [1.54, 1.807) is 32.0 Å². The maximum Gasteiger partial charge on any atom is 0.316 e. The number of nitrogens with zero attached hydrogens (tertiary/aromatic N) is 2. The lowest BCUT2D eigenvalue weighted by Crippen LogP contribution is -2.16. The smallest absolute Gasteiger partial charge is 0.316 e. The number of anilines is 1. The molecule has 0 unspecified atom stereocenters. The average molecular weight is 322 g/mol. The molecule has 2 rings (SSSR count). The third-order valence-corrected chi connectivity index (χ3v) is 3.31. The molecule has 6 nitrogen and oxygen atoms in total. The molecule has 0 aliphatic rings. The van der Waals surface area contributed by atoms with Gasteiger partial charge in [0.1, 0.15) is 5.75 Å². The molecule has 7 heteroatoms. The van der Waals surface area contributed by atoms with Crippen LogP contribution in [0.4, 0.5) is 5.69 Å². The van der Waals surface area contributed by atoms with Gasteiger partial charge in [-0.25, -0.2) is 0 Å². The summed E-state index contributed by atoms with van der Waals surface area (Å²) in [6.45, 7) is 3.53. The molecule has 22 heavy (non-hydrogen) atoms. The van der Waals surface area contributed by atoms with Crippen molar-refractivity contribution in [2.24, 2.45) is 0 Å². The highest BCUT2D eigenvalue weighted by molar-refractivity contribution is 6.31. The molecule has 0 saturated heterocycles. The number of hydrogen-bond acceptors (Lipinski definition) is 5. The predicted octanol–water partition coefficient (Wildman–Crippen LogP) is 3.02. The molecule has 0 bridgehead atoms. The van der Waals surface area contributed by atoms with Gasteiger partial charge in [-0.05, 0) is 32.0 Å². The lowest BCUT2D eigenvalue weighted by Gasteiger charge is -2.13. The minimum atomic E-state index is -0.348. The molecule has 0 spiro atoms. The number of benzene rings is 1. The van der Waals surface area contributed by atoms with Crippen molar-refractivity contribution in [3.63, 3.8) is 0 Å². The van der Waals surface area contributed by atoms with E-state index in [0.29, 0.717) is 33.4 Å². The Morgan fingerprint density at radius 2 is 1.77 bits per heavy atom. The molecule has 1 aromatic carbocycles. The monoisotopic (exact) mass is 321 g/mol. The molecule has 0 saturated carbocycles. The van der Waals surface area contributed by atoms with Crippen LogP contribution in [0.1, 0.15) is 21.7 Å². The number of aryl methyl sites for hydroxylation is 2. The SMILES string of the molecule is COc1nc(C)c(NC(=O)c2cc(Cl)ccc2OC)c(C)n1. The zero-order chi connectivity index (χ0) is 16.3. The normalized spacial score (nSPS) is 10.2. The molecule has 116 valence electrons. The number of carbonyl (C=O) groups is 1. The summed E-state index contributed by atoms with van der Waals surface area (Å²) in [5, 5.41) is 3.24. The van der Waals surface area contributed by atoms with Gasteiger partial charge in [0.2, 0.25) is 0 Å². The zero-order valence-corrected chi connectivity index (χ0v) is 13.5. The van der Waals surface area contributed by atoms with Crippen LogP contribution in [0.2, 0.25) is 5.02 Å². The van der Waals surface area contributed by atoms with Gasteiger partial charge in [-0.1, -0.05) is 11.6 Å². The third-order valence-electron chi connectivity index (χ3n) is 3.08. The Balaban J connectivity index is 2.36. The Hall–Kier alpha value is -2.34. The summed E-state index contributed by atoms with van der Waals surface area (Å²) in [6.07, 6.45) is 0. The summed E-state index contributed by atoms with van der Waals surface area (Å²) in [5.41, 5.74) is 2.09. The van der Waals surface area contributed by atoms with Crippen LogP contribution in [0.25, 0.3) is 0 Å². The maximum atomic E-state index is 12.5. The molecule has 1 heterocycles. The minimum Gasteiger partial charge on any atom is -0.496 e. The topological polar surface area (TPSA) is 73.3 Å². The fourth-order valence-corrected chi connectivity index (χ4v) is 2.17. The van der Waals surface area contributed by atoms with Gasteiger partial charge in [-0.3, -0.25) is 4.79 Å². The number of hydrogen-bond donors (Lipinski definition) is 1. The first-order valence-corrected chi connectivity index (χ1v) is 6.88. The highest BCUT2D eigenvalue weighted by Crippen LogP contribution is 2.25. The van der Waals surface area contributed by atoms with Gasteiger partial charge in [0.15, 0.2) is 0 Å². The van der Waals surface area contributed by atoms with Gasteiger partial charge in [-0.2, -0.15) is 9.97 Å². The first kappa shape index (κ1) is 16.0. The lowest BCUT2D eigenvalue weighted by atomic mass is 10.1. The molecular weight excluding hydrogens is 306 g/mol. The third kappa shape index (κ3) is 3.28. The molecule has 0 aliphatic carbocycles. The number of aromatic nitrogens is 2. The van der Waals surface area contributed by atoms with E-state index in [2.05, 4.69) is 15.3 Å². The van der Waals surface area contributed by atoms with Crippen molar-refractivity contribution in [2.75, 3.05) is 19.5 Å². The van der Waals surface area contributed by atoms with E-state index in [1.807, 2.05) is 0 Å². The molecular formula is C15H16ClN3O3. The van der Waals surface area contributed by atoms with E-state index in [1.165, 1.54) is 14.2 Å². The van der Waals surface area contributed by atoms with Crippen LogP contribution in [-0.2, 0) is 0 Å². The van der Waals surface area contributed by atoms with E-state index in [4.69, 9.17) is 21.1 Å². The Bertz CT molecular complexity index is 696. The molecule has 1 N–H and O–H groups in total. The van der Waals surface area contributed by atoms with Gasteiger partial charge < -0.3 is 14.8 Å². The summed E-state index contributed by atoms with van der Waals surface area (Å²) < 4.78 is 10.2. The Kier molecular flexibility index (Phi) is 4.82. The Morgan fingerprint density at radius 1 is 1.14 bits per heavy atom. The Labute approximate surface area is 133 Å². The van der Waals surface area contributed by atoms with Gasteiger partial charge in [0.25, 0.3) is 5.91 Å². The number of amides is 1. The summed E-state index contributed by atoms with van der Waals surface area (Å²) >= 11 is 5.95. The average Bonchev–Trinajstić information content (AvgIpc) is 2.50. The molecule has 2 aromatic rings. The highest BCUT2D eigenvalue weighted by Gasteiger charge is 2.17. The first-order chi connectivity index (χ1) is 10.5. The first-order valence-electron chi connectivity index (χ1n) is 6.50. The van der Waals surface area contributed by atoms with Crippen molar-refractivity contribution in [1.82, 2.24) is 9.97 Å². The van der Waals surface area contributed by atoms with Gasteiger partial charge in [0.05, 0.1) is 36.9 Å². The van der Waals surface area contributed by atoms with E-state index >= 15 is 0 Å². The van der Waals surface area contributed by atoms with Gasteiger partial charge >= 0.3 is 6.01 Å². The van der Waals surface area contributed by atoms with E-state index in [0.717, 1.165) is 0 Å². The summed E-state index contributed by atoms with van der Waals surface area (Å²) in [4.78, 5) is 20.8. The van der Waals surface area contributed by atoms with Crippen LogP contribution in [0.3, 0.4) is 0 Å². The molecule has 0 fully saturated rings. The van der Waals surface area contributed by atoms with E-state index < -0.39 is 0 Å². The number of nitrogens with one attached hydrogen (secondary N) is 1. The van der Waals surface area contributed by atoms with Crippen molar-refractivity contribution in [3.8, 4) is 11.8 Å². The number of ether oxygens (including phenoxy) is 2. The summed E-state index contributed by atoms with van der Waals surface area (Å²) in [6, 6.07) is 5.10. The van der Waals surface area contributed by atoms with Crippen molar-refractivity contribution in [1.29, 1.82) is 0 Å². The number of carbonyl (C=O) groups excluding carboxylic acids is 1. The molecule has 1 amide bonds. The van der Waals surface area contributed by atoms with E-state index in [-0.39, 0.29) is 11.9 Å². The van der Waals surface area contributed by atoms with Crippen molar-refractivity contribution < 1.29 is 14.3 Å². The van der Waals surface area contributed by atoms with Gasteiger partial charge in [0, 0.05) is 5.02 Å². The maximum absolute atomic E-state index is 12.5. The van der Waals surface area contributed by atoms with Crippen molar-refractivity contribution in [2.45, 2.75) is 13.8 Å². The van der Waals surface area contributed by atoms with Gasteiger partial charge in [-0.15, -0.1) is 0 Å². The van der Waals surface area contributed by atoms with Crippen LogP contribution >= 0.6 is 11.6 Å².